The number of hydrogen-bond acceptors (Lipinski definition) is 3. The molecule has 1 aromatic heterocycles. The minimum atomic E-state index is -0.103. The van der Waals surface area contributed by atoms with Gasteiger partial charge in [0.1, 0.15) is 12.4 Å². The molecule has 1 aromatic carbocycles. The molecule has 0 spiro atoms. The standard InChI is InChI=1S/C12H11IN2O2/c13-10-8-12(16)15(14-9-10)6-7-17-11-4-2-1-3-5-11/h1-5,8-9H,6-7H2. The van der Waals surface area contributed by atoms with Gasteiger partial charge in [0, 0.05) is 9.64 Å². The van der Waals surface area contributed by atoms with Gasteiger partial charge < -0.3 is 4.74 Å². The zero-order valence-electron chi connectivity index (χ0n) is 9.04. The highest BCUT2D eigenvalue weighted by molar-refractivity contribution is 14.1. The molecule has 0 atom stereocenters. The van der Waals surface area contributed by atoms with Crippen molar-refractivity contribution < 1.29 is 4.74 Å². The van der Waals surface area contributed by atoms with Crippen molar-refractivity contribution in [1.82, 2.24) is 9.78 Å². The zero-order chi connectivity index (χ0) is 12.1. The number of ether oxygens (including phenoxy) is 1. The Bertz CT molecular complexity index is 540. The van der Waals surface area contributed by atoms with E-state index in [9.17, 15) is 4.79 Å². The Morgan fingerprint density at radius 3 is 2.76 bits per heavy atom. The molecule has 5 heteroatoms. The summed E-state index contributed by atoms with van der Waals surface area (Å²) < 4.78 is 7.73. The van der Waals surface area contributed by atoms with Crippen molar-refractivity contribution in [3.05, 3.63) is 56.5 Å². The Morgan fingerprint density at radius 2 is 2.06 bits per heavy atom. The van der Waals surface area contributed by atoms with E-state index in [2.05, 4.69) is 27.7 Å². The topological polar surface area (TPSA) is 44.1 Å². The van der Waals surface area contributed by atoms with E-state index < -0.39 is 0 Å². The predicted molar refractivity (Wildman–Crippen MR) is 73.2 cm³/mol. The molecule has 0 saturated carbocycles. The summed E-state index contributed by atoms with van der Waals surface area (Å²) in [7, 11) is 0. The van der Waals surface area contributed by atoms with Gasteiger partial charge in [0.25, 0.3) is 5.56 Å². The first-order chi connectivity index (χ1) is 8.25. The fraction of sp³-hybridized carbons (Fsp3) is 0.167. The normalized spacial score (nSPS) is 10.2. The second-order valence-corrected chi connectivity index (χ2v) is 4.64. The van der Waals surface area contributed by atoms with E-state index in [0.29, 0.717) is 13.2 Å². The first-order valence-corrected chi connectivity index (χ1v) is 6.24. The van der Waals surface area contributed by atoms with Crippen LogP contribution in [0.5, 0.6) is 5.75 Å². The maximum Gasteiger partial charge on any atom is 0.267 e. The number of aromatic nitrogens is 2. The molecule has 1 heterocycles. The van der Waals surface area contributed by atoms with Crippen LogP contribution in [-0.2, 0) is 6.54 Å². The fourth-order valence-corrected chi connectivity index (χ4v) is 1.74. The highest BCUT2D eigenvalue weighted by Crippen LogP contribution is 2.07. The maximum absolute atomic E-state index is 11.5. The van der Waals surface area contributed by atoms with Gasteiger partial charge in [0.2, 0.25) is 0 Å². The summed E-state index contributed by atoms with van der Waals surface area (Å²) in [5.74, 6) is 0.797. The molecule has 2 aromatic rings. The lowest BCUT2D eigenvalue weighted by molar-refractivity contribution is 0.287. The summed E-state index contributed by atoms with van der Waals surface area (Å²) in [5.41, 5.74) is -0.103. The van der Waals surface area contributed by atoms with Crippen LogP contribution in [0.4, 0.5) is 0 Å². The molecule has 0 radical (unpaired) electrons. The summed E-state index contributed by atoms with van der Waals surface area (Å²) in [4.78, 5) is 11.5. The van der Waals surface area contributed by atoms with Crippen LogP contribution in [0.1, 0.15) is 0 Å². The van der Waals surface area contributed by atoms with Crippen LogP contribution in [0.15, 0.2) is 47.4 Å². The van der Waals surface area contributed by atoms with E-state index in [-0.39, 0.29) is 5.56 Å². The lowest BCUT2D eigenvalue weighted by Crippen LogP contribution is -2.25. The number of nitrogens with zero attached hydrogens (tertiary/aromatic N) is 2. The average molecular weight is 342 g/mol. The molecule has 0 N–H and O–H groups in total. The molecule has 17 heavy (non-hydrogen) atoms. The van der Waals surface area contributed by atoms with Gasteiger partial charge in [0.15, 0.2) is 0 Å². The van der Waals surface area contributed by atoms with Gasteiger partial charge in [-0.25, -0.2) is 4.68 Å². The lowest BCUT2D eigenvalue weighted by Gasteiger charge is -2.06. The van der Waals surface area contributed by atoms with Gasteiger partial charge in [-0.1, -0.05) is 18.2 Å². The molecule has 0 bridgehead atoms. The van der Waals surface area contributed by atoms with Gasteiger partial charge in [-0.05, 0) is 34.7 Å². The van der Waals surface area contributed by atoms with Crippen molar-refractivity contribution in [3.8, 4) is 5.75 Å². The molecule has 0 unspecified atom stereocenters. The number of rotatable bonds is 4. The predicted octanol–water partition coefficient (Wildman–Crippen LogP) is 1.93. The van der Waals surface area contributed by atoms with E-state index in [1.165, 1.54) is 4.68 Å². The van der Waals surface area contributed by atoms with E-state index in [1.54, 1.807) is 12.3 Å². The maximum atomic E-state index is 11.5. The number of hydrogen-bond donors (Lipinski definition) is 0. The van der Waals surface area contributed by atoms with Gasteiger partial charge >= 0.3 is 0 Å². The minimum absolute atomic E-state index is 0.103. The molecule has 88 valence electrons. The van der Waals surface area contributed by atoms with Gasteiger partial charge in [-0.2, -0.15) is 5.10 Å². The lowest BCUT2D eigenvalue weighted by atomic mass is 10.3. The molecule has 2 rings (SSSR count). The highest BCUT2D eigenvalue weighted by Gasteiger charge is 1.98. The molecule has 0 amide bonds. The van der Waals surface area contributed by atoms with Crippen LogP contribution in [-0.4, -0.2) is 16.4 Å². The Labute approximate surface area is 112 Å². The Morgan fingerprint density at radius 1 is 1.29 bits per heavy atom. The van der Waals surface area contributed by atoms with Crippen molar-refractivity contribution in [2.24, 2.45) is 0 Å². The molecule has 4 nitrogen and oxygen atoms in total. The van der Waals surface area contributed by atoms with Crippen LogP contribution in [0.2, 0.25) is 0 Å². The quantitative estimate of drug-likeness (QED) is 0.798. The Kier molecular flexibility index (Phi) is 4.13. The van der Waals surface area contributed by atoms with Crippen LogP contribution in [0.3, 0.4) is 0 Å². The van der Waals surface area contributed by atoms with Crippen LogP contribution < -0.4 is 10.3 Å². The van der Waals surface area contributed by atoms with Crippen LogP contribution in [0.25, 0.3) is 0 Å². The SMILES string of the molecule is O=c1cc(I)cnn1CCOc1ccccc1. The molecule has 0 aliphatic carbocycles. The molecular weight excluding hydrogens is 331 g/mol. The van der Waals surface area contributed by atoms with E-state index in [0.717, 1.165) is 9.32 Å². The van der Waals surface area contributed by atoms with Crippen molar-refractivity contribution in [1.29, 1.82) is 0 Å². The summed E-state index contributed by atoms with van der Waals surface area (Å²) in [5, 5.41) is 4.03. The third kappa shape index (κ3) is 3.55. The Hall–Kier alpha value is -1.37. The van der Waals surface area contributed by atoms with Crippen molar-refractivity contribution in [3.63, 3.8) is 0 Å². The fourth-order valence-electron chi connectivity index (χ4n) is 1.35. The summed E-state index contributed by atoms with van der Waals surface area (Å²) >= 11 is 2.06. The summed E-state index contributed by atoms with van der Waals surface area (Å²) in [6, 6.07) is 11.1. The number of para-hydroxylation sites is 1. The second-order valence-electron chi connectivity index (χ2n) is 3.40. The smallest absolute Gasteiger partial charge is 0.267 e. The van der Waals surface area contributed by atoms with E-state index in [4.69, 9.17) is 4.74 Å². The average Bonchev–Trinajstić information content (AvgIpc) is 2.33. The van der Waals surface area contributed by atoms with Crippen LogP contribution in [0, 0.1) is 3.57 Å². The van der Waals surface area contributed by atoms with E-state index >= 15 is 0 Å². The summed E-state index contributed by atoms with van der Waals surface area (Å²) in [6.45, 7) is 0.877. The second kappa shape index (κ2) is 5.81. The van der Waals surface area contributed by atoms with Crippen LogP contribution >= 0.6 is 22.6 Å². The van der Waals surface area contributed by atoms with Crippen molar-refractivity contribution in [2.75, 3.05) is 6.61 Å². The van der Waals surface area contributed by atoms with Gasteiger partial charge in [-0.15, -0.1) is 0 Å². The van der Waals surface area contributed by atoms with Gasteiger partial charge in [-0.3, -0.25) is 4.79 Å². The summed E-state index contributed by atoms with van der Waals surface area (Å²) in [6.07, 6.45) is 1.66. The van der Waals surface area contributed by atoms with E-state index in [1.807, 2.05) is 30.3 Å². The van der Waals surface area contributed by atoms with Crippen molar-refractivity contribution >= 4 is 22.6 Å². The number of halogens is 1. The van der Waals surface area contributed by atoms with Gasteiger partial charge in [0.05, 0.1) is 12.7 Å². The Balaban J connectivity index is 1.93. The largest absolute Gasteiger partial charge is 0.492 e. The number of benzene rings is 1. The van der Waals surface area contributed by atoms with Crippen molar-refractivity contribution in [2.45, 2.75) is 6.54 Å². The molecule has 0 saturated heterocycles. The monoisotopic (exact) mass is 342 g/mol. The first kappa shape index (κ1) is 12.1. The zero-order valence-corrected chi connectivity index (χ0v) is 11.2. The third-order valence-corrected chi connectivity index (χ3v) is 2.74. The molecule has 0 fully saturated rings. The minimum Gasteiger partial charge on any atom is -0.492 e. The molecule has 0 aliphatic heterocycles. The third-order valence-electron chi connectivity index (χ3n) is 2.15. The molecular formula is C12H11IN2O2. The first-order valence-electron chi connectivity index (χ1n) is 5.16. The molecule has 0 aliphatic rings. The highest BCUT2D eigenvalue weighted by atomic mass is 127.